The van der Waals surface area contributed by atoms with Crippen LogP contribution in [0.15, 0.2) is 12.1 Å². The number of carbonyl (C=O) groups is 1. The van der Waals surface area contributed by atoms with Gasteiger partial charge in [0.25, 0.3) is 0 Å². The molecule has 19 heavy (non-hydrogen) atoms. The highest BCUT2D eigenvalue weighted by Gasteiger charge is 2.24. The van der Waals surface area contributed by atoms with Crippen LogP contribution in [-0.2, 0) is 9.53 Å². The van der Waals surface area contributed by atoms with E-state index in [1.807, 2.05) is 6.07 Å². The molecule has 1 heterocycles. The molecule has 0 aliphatic carbocycles. The maximum Gasteiger partial charge on any atom is 0.306 e. The molecule has 0 saturated carbocycles. The number of hydrogen-bond donors (Lipinski definition) is 1. The zero-order valence-corrected chi connectivity index (χ0v) is 12.1. The normalized spacial score (nSPS) is 17.5. The molecule has 1 aliphatic heterocycles. The van der Waals surface area contributed by atoms with Gasteiger partial charge in [-0.25, -0.2) is 0 Å². The largest absolute Gasteiger partial charge is 0.492 e. The van der Waals surface area contributed by atoms with Crippen molar-refractivity contribution in [1.82, 2.24) is 5.32 Å². The number of fused-ring (bicyclic) bond motifs is 1. The number of benzene rings is 1. The van der Waals surface area contributed by atoms with Crippen molar-refractivity contribution in [1.29, 1.82) is 0 Å². The second-order valence-corrected chi connectivity index (χ2v) is 5.12. The highest BCUT2D eigenvalue weighted by Crippen LogP contribution is 2.39. The summed E-state index contributed by atoms with van der Waals surface area (Å²) < 4.78 is 10.2. The minimum absolute atomic E-state index is 0.0876. The summed E-state index contributed by atoms with van der Waals surface area (Å²) in [5.41, 5.74) is 0.939. The molecular weight excluding hydrogens is 289 g/mol. The van der Waals surface area contributed by atoms with Gasteiger partial charge in [-0.05, 0) is 12.1 Å². The van der Waals surface area contributed by atoms with Crippen molar-refractivity contribution in [2.75, 3.05) is 20.3 Å². The average Bonchev–Trinajstić information content (AvgIpc) is 2.39. The molecule has 1 atom stereocenters. The maximum atomic E-state index is 11.1. The van der Waals surface area contributed by atoms with Gasteiger partial charge < -0.3 is 14.8 Å². The third-order valence-electron chi connectivity index (χ3n) is 3.01. The standard InChI is InChI=1S/C13H15Cl2NO3/c1-18-12(17)2-4-16-11-3-5-19-13-9(11)6-8(14)7-10(13)15/h6-7,11,16H,2-5H2,1H3. The third-order valence-corrected chi connectivity index (χ3v) is 3.51. The van der Waals surface area contributed by atoms with Crippen LogP contribution in [0.3, 0.4) is 0 Å². The first-order valence-corrected chi connectivity index (χ1v) is 6.79. The number of methoxy groups -OCH3 is 1. The van der Waals surface area contributed by atoms with Gasteiger partial charge >= 0.3 is 5.97 Å². The Labute approximate surface area is 122 Å². The first-order valence-electron chi connectivity index (χ1n) is 6.03. The Hall–Kier alpha value is -0.970. The van der Waals surface area contributed by atoms with Gasteiger partial charge in [-0.3, -0.25) is 4.79 Å². The minimum Gasteiger partial charge on any atom is -0.492 e. The third kappa shape index (κ3) is 3.53. The summed E-state index contributed by atoms with van der Waals surface area (Å²) in [6.07, 6.45) is 1.14. The van der Waals surface area contributed by atoms with E-state index in [0.717, 1.165) is 12.0 Å². The van der Waals surface area contributed by atoms with Gasteiger partial charge in [0.1, 0.15) is 5.75 Å². The lowest BCUT2D eigenvalue weighted by Crippen LogP contribution is -2.29. The molecule has 2 rings (SSSR count). The fourth-order valence-electron chi connectivity index (χ4n) is 2.09. The van der Waals surface area contributed by atoms with Crippen LogP contribution in [0, 0.1) is 0 Å². The van der Waals surface area contributed by atoms with Crippen LogP contribution >= 0.6 is 23.2 Å². The van der Waals surface area contributed by atoms with Crippen molar-refractivity contribution in [3.8, 4) is 5.75 Å². The van der Waals surface area contributed by atoms with Crippen molar-refractivity contribution in [3.05, 3.63) is 27.7 Å². The second-order valence-electron chi connectivity index (χ2n) is 4.28. The lowest BCUT2D eigenvalue weighted by Gasteiger charge is -2.27. The van der Waals surface area contributed by atoms with E-state index < -0.39 is 0 Å². The van der Waals surface area contributed by atoms with Crippen LogP contribution < -0.4 is 10.1 Å². The Morgan fingerprint density at radius 3 is 3.05 bits per heavy atom. The monoisotopic (exact) mass is 303 g/mol. The van der Waals surface area contributed by atoms with Gasteiger partial charge in [0.15, 0.2) is 0 Å². The predicted molar refractivity (Wildman–Crippen MR) is 74.0 cm³/mol. The summed E-state index contributed by atoms with van der Waals surface area (Å²) in [7, 11) is 1.38. The zero-order chi connectivity index (χ0) is 13.8. The zero-order valence-electron chi connectivity index (χ0n) is 10.5. The van der Waals surface area contributed by atoms with Gasteiger partial charge in [-0.2, -0.15) is 0 Å². The smallest absolute Gasteiger partial charge is 0.306 e. The second kappa shape index (κ2) is 6.46. The van der Waals surface area contributed by atoms with Crippen molar-refractivity contribution in [2.45, 2.75) is 18.9 Å². The molecule has 0 aromatic heterocycles. The minimum atomic E-state index is -0.232. The highest BCUT2D eigenvalue weighted by molar-refractivity contribution is 6.35. The van der Waals surface area contributed by atoms with E-state index in [9.17, 15) is 4.79 Å². The first-order chi connectivity index (χ1) is 9.11. The van der Waals surface area contributed by atoms with Gasteiger partial charge in [0, 0.05) is 29.6 Å². The summed E-state index contributed by atoms with van der Waals surface area (Å²) in [6.45, 7) is 1.13. The van der Waals surface area contributed by atoms with Crippen LogP contribution in [0.2, 0.25) is 10.0 Å². The molecular formula is C13H15Cl2NO3. The van der Waals surface area contributed by atoms with Gasteiger partial charge in [-0.15, -0.1) is 0 Å². The molecule has 0 saturated heterocycles. The van der Waals surface area contributed by atoms with Crippen molar-refractivity contribution in [2.24, 2.45) is 0 Å². The molecule has 1 aromatic carbocycles. The SMILES string of the molecule is COC(=O)CCNC1CCOc2c(Cl)cc(Cl)cc21. The van der Waals surface area contributed by atoms with E-state index in [4.69, 9.17) is 27.9 Å². The molecule has 0 bridgehead atoms. The van der Waals surface area contributed by atoms with Crippen LogP contribution in [-0.4, -0.2) is 26.2 Å². The fourth-order valence-corrected chi connectivity index (χ4v) is 2.65. The molecule has 1 aromatic rings. The van der Waals surface area contributed by atoms with Crippen LogP contribution in [0.25, 0.3) is 0 Å². The molecule has 1 unspecified atom stereocenters. The summed E-state index contributed by atoms with van der Waals surface area (Å²) in [6, 6.07) is 3.60. The Morgan fingerprint density at radius 2 is 2.32 bits per heavy atom. The lowest BCUT2D eigenvalue weighted by atomic mass is 10.0. The van der Waals surface area contributed by atoms with Gasteiger partial charge in [0.05, 0.1) is 25.2 Å². The topological polar surface area (TPSA) is 47.6 Å². The number of rotatable bonds is 4. The predicted octanol–water partition coefficient (Wildman–Crippen LogP) is 2.97. The number of nitrogens with one attached hydrogen (secondary N) is 1. The number of carbonyl (C=O) groups excluding carboxylic acids is 1. The Morgan fingerprint density at radius 1 is 1.53 bits per heavy atom. The van der Waals surface area contributed by atoms with E-state index in [1.165, 1.54) is 7.11 Å². The van der Waals surface area contributed by atoms with E-state index in [1.54, 1.807) is 6.07 Å². The lowest BCUT2D eigenvalue weighted by molar-refractivity contribution is -0.140. The van der Waals surface area contributed by atoms with Gasteiger partial charge in [0.2, 0.25) is 0 Å². The summed E-state index contributed by atoms with van der Waals surface area (Å²) in [5, 5.41) is 4.39. The van der Waals surface area contributed by atoms with Crippen molar-refractivity contribution < 1.29 is 14.3 Å². The van der Waals surface area contributed by atoms with Crippen LogP contribution in [0.1, 0.15) is 24.4 Å². The molecule has 104 valence electrons. The van der Waals surface area contributed by atoms with Gasteiger partial charge in [-0.1, -0.05) is 23.2 Å². The van der Waals surface area contributed by atoms with E-state index >= 15 is 0 Å². The first kappa shape index (κ1) is 14.4. The Balaban J connectivity index is 2.07. The molecule has 0 fully saturated rings. The van der Waals surface area contributed by atoms with E-state index in [2.05, 4.69) is 10.1 Å². The highest BCUT2D eigenvalue weighted by atomic mass is 35.5. The number of hydrogen-bond acceptors (Lipinski definition) is 4. The van der Waals surface area contributed by atoms with Crippen molar-refractivity contribution >= 4 is 29.2 Å². The number of halogens is 2. The maximum absolute atomic E-state index is 11.1. The summed E-state index contributed by atoms with van der Waals surface area (Å²) in [4.78, 5) is 11.1. The molecule has 0 amide bonds. The molecule has 0 spiro atoms. The summed E-state index contributed by atoms with van der Waals surface area (Å²) in [5.74, 6) is 0.441. The average molecular weight is 304 g/mol. The molecule has 6 heteroatoms. The van der Waals surface area contributed by atoms with E-state index in [0.29, 0.717) is 35.4 Å². The molecule has 0 radical (unpaired) electrons. The Bertz CT molecular complexity index is 479. The molecule has 1 aliphatic rings. The Kier molecular flexibility index (Phi) is 4.91. The van der Waals surface area contributed by atoms with Crippen LogP contribution in [0.4, 0.5) is 0 Å². The molecule has 4 nitrogen and oxygen atoms in total. The van der Waals surface area contributed by atoms with E-state index in [-0.39, 0.29) is 12.0 Å². The fraction of sp³-hybridized carbons (Fsp3) is 0.462. The number of ether oxygens (including phenoxy) is 2. The number of esters is 1. The summed E-state index contributed by atoms with van der Waals surface area (Å²) >= 11 is 12.1. The quantitative estimate of drug-likeness (QED) is 0.869. The molecule has 1 N–H and O–H groups in total. The van der Waals surface area contributed by atoms with Crippen molar-refractivity contribution in [3.63, 3.8) is 0 Å². The van der Waals surface area contributed by atoms with Crippen LogP contribution in [0.5, 0.6) is 5.75 Å².